The highest BCUT2D eigenvalue weighted by molar-refractivity contribution is 5.78. The Balaban J connectivity index is 2.05. The summed E-state index contributed by atoms with van der Waals surface area (Å²) in [5.41, 5.74) is 2.49. The van der Waals surface area contributed by atoms with Crippen molar-refractivity contribution >= 4 is 10.9 Å². The molecule has 0 amide bonds. The van der Waals surface area contributed by atoms with E-state index >= 15 is 0 Å². The van der Waals surface area contributed by atoms with Gasteiger partial charge in [0.05, 0.1) is 17.8 Å². The minimum Gasteiger partial charge on any atom is -0.320 e. The van der Waals surface area contributed by atoms with Gasteiger partial charge in [-0.25, -0.2) is 0 Å². The summed E-state index contributed by atoms with van der Waals surface area (Å²) in [5, 5.41) is 9.04. The molecule has 0 aliphatic carbocycles. The van der Waals surface area contributed by atoms with Crippen LogP contribution in [0.2, 0.25) is 0 Å². The van der Waals surface area contributed by atoms with E-state index < -0.39 is 0 Å². The highest BCUT2D eigenvalue weighted by Crippen LogP contribution is 2.25. The van der Waals surface area contributed by atoms with Crippen molar-refractivity contribution < 1.29 is 0 Å². The Labute approximate surface area is 119 Å². The van der Waals surface area contributed by atoms with Gasteiger partial charge in [0.2, 0.25) is 0 Å². The molecule has 0 radical (unpaired) electrons. The molecule has 3 nitrogen and oxygen atoms in total. The number of hydrogen-bond acceptors (Lipinski definition) is 2. The van der Waals surface area contributed by atoms with Crippen molar-refractivity contribution in [1.29, 1.82) is 0 Å². The van der Waals surface area contributed by atoms with Crippen LogP contribution >= 0.6 is 0 Å². The number of nitrogens with zero attached hydrogens (tertiary/aromatic N) is 2. The van der Waals surface area contributed by atoms with Crippen LogP contribution in [0.15, 0.2) is 60.8 Å². The molecule has 3 aromatic rings. The fraction of sp³-hybridized carbons (Fsp3) is 0.235. The van der Waals surface area contributed by atoms with Gasteiger partial charge in [-0.3, -0.25) is 4.68 Å². The predicted molar refractivity (Wildman–Crippen MR) is 82.9 cm³/mol. The molecule has 0 spiro atoms. The molecule has 2 aromatic carbocycles. The molecule has 0 saturated carbocycles. The maximum absolute atomic E-state index is 4.61. The Morgan fingerprint density at radius 2 is 1.80 bits per heavy atom. The van der Waals surface area contributed by atoms with Crippen molar-refractivity contribution in [3.8, 4) is 0 Å². The Morgan fingerprint density at radius 3 is 2.60 bits per heavy atom. The van der Waals surface area contributed by atoms with Gasteiger partial charge in [0.25, 0.3) is 0 Å². The maximum Gasteiger partial charge on any atom is 0.0787 e. The Kier molecular flexibility index (Phi) is 3.79. The average molecular weight is 265 g/mol. The number of fused-ring (bicyclic) bond motifs is 1. The maximum atomic E-state index is 4.61. The zero-order chi connectivity index (χ0) is 13.8. The topological polar surface area (TPSA) is 29.9 Å². The molecule has 102 valence electrons. The average Bonchev–Trinajstić information content (AvgIpc) is 2.93. The van der Waals surface area contributed by atoms with Gasteiger partial charge in [0, 0.05) is 5.39 Å². The smallest absolute Gasteiger partial charge is 0.0787 e. The van der Waals surface area contributed by atoms with Gasteiger partial charge in [0.15, 0.2) is 0 Å². The van der Waals surface area contributed by atoms with Crippen LogP contribution in [0.5, 0.6) is 0 Å². The van der Waals surface area contributed by atoms with Crippen molar-refractivity contribution in [3.63, 3.8) is 0 Å². The zero-order valence-corrected chi connectivity index (χ0v) is 11.7. The summed E-state index contributed by atoms with van der Waals surface area (Å²) in [5.74, 6) is 0. The lowest BCUT2D eigenvalue weighted by Gasteiger charge is -2.19. The Hall–Kier alpha value is -2.13. The van der Waals surface area contributed by atoms with E-state index in [1.807, 2.05) is 13.2 Å². The summed E-state index contributed by atoms with van der Waals surface area (Å²) in [6, 6.07) is 19.2. The summed E-state index contributed by atoms with van der Waals surface area (Å²) >= 11 is 0. The SMILES string of the molecule is CNCCC(c1ccccc1)n1ncc2ccccc21. The lowest BCUT2D eigenvalue weighted by Crippen LogP contribution is -2.18. The number of para-hydroxylation sites is 1. The molecular formula is C17H19N3. The van der Waals surface area contributed by atoms with Gasteiger partial charge in [-0.05, 0) is 31.6 Å². The second-order valence-electron chi connectivity index (χ2n) is 4.97. The first-order chi connectivity index (χ1) is 9.90. The third kappa shape index (κ3) is 2.45. The molecule has 20 heavy (non-hydrogen) atoms. The van der Waals surface area contributed by atoms with Gasteiger partial charge in [0.1, 0.15) is 0 Å². The number of aromatic nitrogens is 2. The molecule has 1 heterocycles. The van der Waals surface area contributed by atoms with Crippen LogP contribution in [0.3, 0.4) is 0 Å². The number of benzene rings is 2. The predicted octanol–water partition coefficient (Wildman–Crippen LogP) is 3.24. The second-order valence-corrected chi connectivity index (χ2v) is 4.97. The van der Waals surface area contributed by atoms with Crippen molar-refractivity contribution in [3.05, 3.63) is 66.4 Å². The van der Waals surface area contributed by atoms with E-state index in [0.717, 1.165) is 13.0 Å². The highest BCUT2D eigenvalue weighted by Gasteiger charge is 2.16. The Morgan fingerprint density at radius 1 is 1.05 bits per heavy atom. The Bertz CT molecular complexity index is 673. The van der Waals surface area contributed by atoms with Crippen LogP contribution in [0, 0.1) is 0 Å². The molecule has 1 unspecified atom stereocenters. The van der Waals surface area contributed by atoms with Crippen molar-refractivity contribution in [2.45, 2.75) is 12.5 Å². The quantitative estimate of drug-likeness (QED) is 0.767. The van der Waals surface area contributed by atoms with Crippen LogP contribution in [0.1, 0.15) is 18.0 Å². The first-order valence-electron chi connectivity index (χ1n) is 7.02. The highest BCUT2D eigenvalue weighted by atomic mass is 15.3. The van der Waals surface area contributed by atoms with E-state index in [0.29, 0.717) is 0 Å². The molecule has 0 fully saturated rings. The first-order valence-corrected chi connectivity index (χ1v) is 7.02. The van der Waals surface area contributed by atoms with Crippen LogP contribution in [0.4, 0.5) is 0 Å². The summed E-state index contributed by atoms with van der Waals surface area (Å²) in [6.45, 7) is 0.966. The van der Waals surface area contributed by atoms with E-state index in [2.05, 4.69) is 69.7 Å². The molecule has 1 aromatic heterocycles. The molecule has 3 heteroatoms. The van der Waals surface area contributed by atoms with Crippen LogP contribution in [-0.2, 0) is 0 Å². The van der Waals surface area contributed by atoms with Crippen LogP contribution < -0.4 is 5.32 Å². The minimum atomic E-state index is 0.267. The zero-order valence-electron chi connectivity index (χ0n) is 11.7. The summed E-state index contributed by atoms with van der Waals surface area (Å²) in [4.78, 5) is 0. The lowest BCUT2D eigenvalue weighted by atomic mass is 10.0. The van der Waals surface area contributed by atoms with E-state index in [1.165, 1.54) is 16.5 Å². The minimum absolute atomic E-state index is 0.267. The molecule has 1 N–H and O–H groups in total. The number of nitrogens with one attached hydrogen (secondary N) is 1. The summed E-state index contributed by atoms with van der Waals surface area (Å²) in [6.07, 6.45) is 2.97. The monoisotopic (exact) mass is 265 g/mol. The normalized spacial score (nSPS) is 12.7. The molecular weight excluding hydrogens is 246 g/mol. The molecule has 0 aliphatic rings. The third-order valence-corrected chi connectivity index (χ3v) is 3.65. The van der Waals surface area contributed by atoms with Crippen molar-refractivity contribution in [2.24, 2.45) is 0 Å². The van der Waals surface area contributed by atoms with Crippen LogP contribution in [0.25, 0.3) is 10.9 Å². The fourth-order valence-corrected chi connectivity index (χ4v) is 2.63. The van der Waals surface area contributed by atoms with Crippen LogP contribution in [-0.4, -0.2) is 23.4 Å². The third-order valence-electron chi connectivity index (χ3n) is 3.65. The van der Waals surface area contributed by atoms with Gasteiger partial charge in [-0.1, -0.05) is 48.5 Å². The molecule has 3 rings (SSSR count). The molecule has 0 aliphatic heterocycles. The molecule has 0 bridgehead atoms. The molecule has 1 atom stereocenters. The summed E-state index contributed by atoms with van der Waals surface area (Å²) < 4.78 is 2.14. The largest absolute Gasteiger partial charge is 0.320 e. The molecule has 0 saturated heterocycles. The van der Waals surface area contributed by atoms with E-state index in [9.17, 15) is 0 Å². The number of rotatable bonds is 5. The van der Waals surface area contributed by atoms with E-state index in [4.69, 9.17) is 0 Å². The van der Waals surface area contributed by atoms with Gasteiger partial charge < -0.3 is 5.32 Å². The summed E-state index contributed by atoms with van der Waals surface area (Å²) in [7, 11) is 1.99. The van der Waals surface area contributed by atoms with Crippen molar-refractivity contribution in [2.75, 3.05) is 13.6 Å². The van der Waals surface area contributed by atoms with Gasteiger partial charge in [-0.15, -0.1) is 0 Å². The first kappa shape index (κ1) is 12.9. The van der Waals surface area contributed by atoms with Gasteiger partial charge in [-0.2, -0.15) is 5.10 Å². The second kappa shape index (κ2) is 5.88. The van der Waals surface area contributed by atoms with Crippen molar-refractivity contribution in [1.82, 2.24) is 15.1 Å². The fourth-order valence-electron chi connectivity index (χ4n) is 2.63. The van der Waals surface area contributed by atoms with E-state index in [-0.39, 0.29) is 6.04 Å². The number of hydrogen-bond donors (Lipinski definition) is 1. The lowest BCUT2D eigenvalue weighted by molar-refractivity contribution is 0.494. The standard InChI is InChI=1S/C17H19N3/c1-18-12-11-17(14-7-3-2-4-8-14)20-16-10-6-5-9-15(16)13-19-20/h2-10,13,17-18H,11-12H2,1H3. The van der Waals surface area contributed by atoms with Gasteiger partial charge >= 0.3 is 0 Å². The van der Waals surface area contributed by atoms with E-state index in [1.54, 1.807) is 0 Å².